The van der Waals surface area contributed by atoms with E-state index in [1.54, 1.807) is 48.5 Å². The van der Waals surface area contributed by atoms with Crippen LogP contribution in [0.15, 0.2) is 54.6 Å². The van der Waals surface area contributed by atoms with E-state index in [-0.39, 0.29) is 6.61 Å². The van der Waals surface area contributed by atoms with Gasteiger partial charge in [-0.05, 0) is 12.1 Å². The maximum atomic E-state index is 12.3. The summed E-state index contributed by atoms with van der Waals surface area (Å²) in [4.78, 5) is 0. The van der Waals surface area contributed by atoms with Crippen molar-refractivity contribution in [3.8, 4) is 5.75 Å². The molecular formula is C14H12NO3. The Morgan fingerprint density at radius 1 is 1.06 bits per heavy atom. The second-order valence-electron chi connectivity index (χ2n) is 4.23. The lowest BCUT2D eigenvalue weighted by atomic mass is 10.0. The molecule has 1 atom stereocenters. The minimum Gasteiger partial charge on any atom is -0.486 e. The molecule has 1 aliphatic heterocycles. The van der Waals surface area contributed by atoms with Crippen molar-refractivity contribution in [3.05, 3.63) is 60.2 Å². The summed E-state index contributed by atoms with van der Waals surface area (Å²) >= 11 is 0. The number of rotatable bonds is 1. The molecule has 1 N–H and O–H groups in total. The molecule has 1 heterocycles. The van der Waals surface area contributed by atoms with Crippen molar-refractivity contribution in [2.75, 3.05) is 11.7 Å². The molecule has 0 bridgehead atoms. The van der Waals surface area contributed by atoms with Crippen LogP contribution in [-0.2, 0) is 10.9 Å². The molecule has 4 heteroatoms. The van der Waals surface area contributed by atoms with Crippen LogP contribution in [0.3, 0.4) is 0 Å². The Labute approximate surface area is 105 Å². The largest absolute Gasteiger partial charge is 0.486 e. The third kappa shape index (κ3) is 1.54. The first kappa shape index (κ1) is 11.1. The van der Waals surface area contributed by atoms with Crippen LogP contribution in [0.25, 0.3) is 0 Å². The van der Waals surface area contributed by atoms with Crippen LogP contribution < -0.4 is 9.80 Å². The standard InChI is InChI=1S/C14H12NO3/c16-14(11-6-2-1-3-7-11)10-18-13-9-5-4-8-12(13)15(14)17/h1-9,16H,10H2. The van der Waals surface area contributed by atoms with Gasteiger partial charge in [0.1, 0.15) is 18.0 Å². The van der Waals surface area contributed by atoms with Gasteiger partial charge in [-0.1, -0.05) is 47.7 Å². The van der Waals surface area contributed by atoms with Gasteiger partial charge in [-0.15, -0.1) is 0 Å². The normalized spacial score (nSPS) is 22.2. The molecule has 0 aliphatic carbocycles. The van der Waals surface area contributed by atoms with E-state index in [1.165, 1.54) is 0 Å². The van der Waals surface area contributed by atoms with Gasteiger partial charge in [-0.3, -0.25) is 0 Å². The summed E-state index contributed by atoms with van der Waals surface area (Å²) in [5, 5.41) is 23.5. The topological polar surface area (TPSA) is 52.6 Å². The molecule has 91 valence electrons. The molecule has 18 heavy (non-hydrogen) atoms. The number of fused-ring (bicyclic) bond motifs is 1. The van der Waals surface area contributed by atoms with Crippen LogP contribution >= 0.6 is 0 Å². The van der Waals surface area contributed by atoms with E-state index >= 15 is 0 Å². The quantitative estimate of drug-likeness (QED) is 0.833. The number of aliphatic hydroxyl groups is 1. The molecule has 0 amide bonds. The van der Waals surface area contributed by atoms with Crippen LogP contribution in [0.5, 0.6) is 5.75 Å². The zero-order valence-corrected chi connectivity index (χ0v) is 9.61. The molecule has 2 aromatic rings. The number of hydrogen-bond acceptors (Lipinski definition) is 3. The molecule has 0 saturated carbocycles. The van der Waals surface area contributed by atoms with Crippen LogP contribution in [0.2, 0.25) is 0 Å². The Morgan fingerprint density at radius 3 is 2.50 bits per heavy atom. The maximum Gasteiger partial charge on any atom is 0.226 e. The van der Waals surface area contributed by atoms with Crippen LogP contribution in [0.4, 0.5) is 5.69 Å². The SMILES string of the molecule is [O]N1c2ccccc2OCC1(O)c1ccccc1. The summed E-state index contributed by atoms with van der Waals surface area (Å²) in [5.41, 5.74) is -0.806. The molecule has 0 aromatic heterocycles. The first-order chi connectivity index (χ1) is 8.72. The van der Waals surface area contributed by atoms with Crippen molar-refractivity contribution in [2.45, 2.75) is 5.72 Å². The smallest absolute Gasteiger partial charge is 0.226 e. The first-order valence-electron chi connectivity index (χ1n) is 5.69. The zero-order valence-electron chi connectivity index (χ0n) is 9.61. The van der Waals surface area contributed by atoms with Crippen molar-refractivity contribution in [3.63, 3.8) is 0 Å². The second kappa shape index (κ2) is 4.01. The van der Waals surface area contributed by atoms with Crippen molar-refractivity contribution in [1.29, 1.82) is 0 Å². The molecular weight excluding hydrogens is 230 g/mol. The Bertz CT molecular complexity index is 558. The van der Waals surface area contributed by atoms with Crippen molar-refractivity contribution in [2.24, 2.45) is 0 Å². The van der Waals surface area contributed by atoms with Crippen molar-refractivity contribution in [1.82, 2.24) is 0 Å². The van der Waals surface area contributed by atoms with Crippen LogP contribution in [0.1, 0.15) is 5.56 Å². The zero-order chi connectivity index (χ0) is 12.6. The second-order valence-corrected chi connectivity index (χ2v) is 4.23. The van der Waals surface area contributed by atoms with Gasteiger partial charge >= 0.3 is 0 Å². The number of ether oxygens (including phenoxy) is 1. The predicted molar refractivity (Wildman–Crippen MR) is 65.4 cm³/mol. The van der Waals surface area contributed by atoms with E-state index in [9.17, 15) is 10.3 Å². The first-order valence-corrected chi connectivity index (χ1v) is 5.69. The molecule has 3 rings (SSSR count). The molecule has 1 radical (unpaired) electrons. The molecule has 2 aromatic carbocycles. The van der Waals surface area contributed by atoms with Gasteiger partial charge < -0.3 is 9.84 Å². The number of nitrogens with zero attached hydrogens (tertiary/aromatic N) is 1. The Kier molecular flexibility index (Phi) is 2.47. The number of para-hydroxylation sites is 2. The van der Waals surface area contributed by atoms with Gasteiger partial charge in [-0.25, -0.2) is 0 Å². The van der Waals surface area contributed by atoms with Gasteiger partial charge in [0, 0.05) is 5.56 Å². The third-order valence-electron chi connectivity index (χ3n) is 3.09. The monoisotopic (exact) mass is 242 g/mol. The van der Waals surface area contributed by atoms with E-state index in [1.807, 2.05) is 6.07 Å². The number of anilines is 1. The molecule has 0 saturated heterocycles. The predicted octanol–water partition coefficient (Wildman–Crippen LogP) is 2.08. The number of hydrogen-bond donors (Lipinski definition) is 1. The number of benzene rings is 2. The van der Waals surface area contributed by atoms with Gasteiger partial charge in [0.2, 0.25) is 5.72 Å². The molecule has 4 nitrogen and oxygen atoms in total. The lowest BCUT2D eigenvalue weighted by molar-refractivity contribution is -0.106. The summed E-state index contributed by atoms with van der Waals surface area (Å²) in [6.45, 7) is -0.0858. The highest BCUT2D eigenvalue weighted by Gasteiger charge is 2.43. The summed E-state index contributed by atoms with van der Waals surface area (Å²) < 4.78 is 5.47. The van der Waals surface area contributed by atoms with Gasteiger partial charge in [0.25, 0.3) is 0 Å². The minimum absolute atomic E-state index is 0.0858. The maximum absolute atomic E-state index is 12.3. The summed E-state index contributed by atoms with van der Waals surface area (Å²) in [6, 6.07) is 15.7. The van der Waals surface area contributed by atoms with Crippen molar-refractivity contribution < 1.29 is 15.1 Å². The third-order valence-corrected chi connectivity index (χ3v) is 3.09. The highest BCUT2D eigenvalue weighted by Crippen LogP contribution is 2.40. The Balaban J connectivity index is 2.07. The van der Waals surface area contributed by atoms with Crippen LogP contribution in [0, 0.1) is 0 Å². The van der Waals surface area contributed by atoms with E-state index in [0.717, 1.165) is 0 Å². The van der Waals surface area contributed by atoms with Gasteiger partial charge in [0.05, 0.1) is 0 Å². The fraction of sp³-hybridized carbons (Fsp3) is 0.143. The number of hydroxylamine groups is 1. The Morgan fingerprint density at radius 2 is 1.72 bits per heavy atom. The summed E-state index contributed by atoms with van der Waals surface area (Å²) in [5.74, 6) is 0.494. The van der Waals surface area contributed by atoms with E-state index < -0.39 is 5.72 Å². The molecule has 1 unspecified atom stereocenters. The fourth-order valence-corrected chi connectivity index (χ4v) is 2.09. The average molecular weight is 242 g/mol. The highest BCUT2D eigenvalue weighted by molar-refractivity contribution is 5.60. The lowest BCUT2D eigenvalue weighted by Crippen LogP contribution is -2.50. The minimum atomic E-state index is -1.67. The van der Waals surface area contributed by atoms with Gasteiger partial charge in [-0.2, -0.15) is 5.06 Å². The van der Waals surface area contributed by atoms with Gasteiger partial charge in [0.15, 0.2) is 0 Å². The fourth-order valence-electron chi connectivity index (χ4n) is 2.09. The average Bonchev–Trinajstić information content (AvgIpc) is 2.44. The molecule has 0 spiro atoms. The molecule has 0 fully saturated rings. The van der Waals surface area contributed by atoms with E-state index in [4.69, 9.17) is 4.74 Å². The van der Waals surface area contributed by atoms with Crippen molar-refractivity contribution >= 4 is 5.69 Å². The Hall–Kier alpha value is -2.04. The van der Waals surface area contributed by atoms with E-state index in [0.29, 0.717) is 22.1 Å². The lowest BCUT2D eigenvalue weighted by Gasteiger charge is -2.39. The highest BCUT2D eigenvalue weighted by atomic mass is 16.6. The van der Waals surface area contributed by atoms with E-state index in [2.05, 4.69) is 0 Å². The van der Waals surface area contributed by atoms with Crippen LogP contribution in [-0.4, -0.2) is 11.7 Å². The molecule has 1 aliphatic rings. The summed E-state index contributed by atoms with van der Waals surface area (Å²) in [7, 11) is 0. The summed E-state index contributed by atoms with van der Waals surface area (Å²) in [6.07, 6.45) is 0.